The molecule has 1 N–H and O–H groups in total. The third-order valence-corrected chi connectivity index (χ3v) is 4.83. The number of aryl methyl sites for hydroxylation is 2. The molecule has 0 unspecified atom stereocenters. The SMILES string of the molecule is Cc1ccc([C@@H](CNC(=O)c2c(C)nc3ncccn23)N2CCOCC2)o1. The van der Waals surface area contributed by atoms with Gasteiger partial charge in [-0.15, -0.1) is 0 Å². The molecule has 3 aromatic rings. The third-order valence-electron chi connectivity index (χ3n) is 4.83. The lowest BCUT2D eigenvalue weighted by atomic mass is 10.1. The molecule has 4 heterocycles. The Labute approximate surface area is 157 Å². The molecule has 1 aliphatic rings. The van der Waals surface area contributed by atoms with Gasteiger partial charge in [-0.3, -0.25) is 14.1 Å². The predicted molar refractivity (Wildman–Crippen MR) is 98.6 cm³/mol. The van der Waals surface area contributed by atoms with E-state index in [4.69, 9.17) is 9.15 Å². The van der Waals surface area contributed by atoms with Crippen molar-refractivity contribution in [3.8, 4) is 0 Å². The van der Waals surface area contributed by atoms with Crippen LogP contribution in [0.15, 0.2) is 35.0 Å². The van der Waals surface area contributed by atoms with Gasteiger partial charge in [-0.1, -0.05) is 0 Å². The number of aromatic nitrogens is 3. The van der Waals surface area contributed by atoms with Crippen molar-refractivity contribution in [3.63, 3.8) is 0 Å². The van der Waals surface area contributed by atoms with E-state index < -0.39 is 0 Å². The number of amides is 1. The Morgan fingerprint density at radius 2 is 2.11 bits per heavy atom. The Morgan fingerprint density at radius 3 is 2.85 bits per heavy atom. The fraction of sp³-hybridized carbons (Fsp3) is 0.421. The van der Waals surface area contributed by atoms with E-state index in [0.29, 0.717) is 36.9 Å². The number of ether oxygens (including phenoxy) is 1. The van der Waals surface area contributed by atoms with Gasteiger partial charge in [0.15, 0.2) is 0 Å². The fourth-order valence-electron chi connectivity index (χ4n) is 3.48. The van der Waals surface area contributed by atoms with Crippen LogP contribution < -0.4 is 5.32 Å². The maximum Gasteiger partial charge on any atom is 0.270 e. The van der Waals surface area contributed by atoms with Crippen LogP contribution in [0, 0.1) is 13.8 Å². The molecule has 1 atom stereocenters. The molecule has 27 heavy (non-hydrogen) atoms. The minimum Gasteiger partial charge on any atom is -0.465 e. The van der Waals surface area contributed by atoms with Crippen molar-refractivity contribution in [1.82, 2.24) is 24.6 Å². The topological polar surface area (TPSA) is 84.9 Å². The summed E-state index contributed by atoms with van der Waals surface area (Å²) in [6, 6.07) is 5.67. The van der Waals surface area contributed by atoms with Gasteiger partial charge in [-0.05, 0) is 32.0 Å². The quantitative estimate of drug-likeness (QED) is 0.737. The van der Waals surface area contributed by atoms with Gasteiger partial charge in [0, 0.05) is 32.0 Å². The number of rotatable bonds is 5. The van der Waals surface area contributed by atoms with Crippen molar-refractivity contribution in [2.75, 3.05) is 32.8 Å². The van der Waals surface area contributed by atoms with Gasteiger partial charge in [0.25, 0.3) is 5.91 Å². The Hall–Kier alpha value is -2.71. The molecule has 1 amide bonds. The first-order chi connectivity index (χ1) is 13.1. The Kier molecular flexibility index (Phi) is 4.91. The first-order valence-electron chi connectivity index (χ1n) is 9.09. The Bertz CT molecular complexity index is 942. The van der Waals surface area contributed by atoms with Gasteiger partial charge in [0.1, 0.15) is 17.2 Å². The van der Waals surface area contributed by atoms with Crippen molar-refractivity contribution in [2.45, 2.75) is 19.9 Å². The number of hydrogen-bond donors (Lipinski definition) is 1. The monoisotopic (exact) mass is 369 g/mol. The van der Waals surface area contributed by atoms with Crippen LogP contribution in [0.4, 0.5) is 0 Å². The lowest BCUT2D eigenvalue weighted by Crippen LogP contribution is -2.43. The molecule has 1 saturated heterocycles. The van der Waals surface area contributed by atoms with Crippen molar-refractivity contribution in [3.05, 3.63) is 53.5 Å². The molecule has 0 aromatic carbocycles. The molecule has 0 bridgehead atoms. The zero-order valence-electron chi connectivity index (χ0n) is 15.5. The molecule has 8 nitrogen and oxygen atoms in total. The maximum atomic E-state index is 12.9. The maximum absolute atomic E-state index is 12.9. The van der Waals surface area contributed by atoms with Crippen LogP contribution in [0.1, 0.15) is 33.7 Å². The summed E-state index contributed by atoms with van der Waals surface area (Å²) in [5.74, 6) is 2.06. The fourth-order valence-corrected chi connectivity index (χ4v) is 3.48. The number of nitrogens with zero attached hydrogens (tertiary/aromatic N) is 4. The van der Waals surface area contributed by atoms with Gasteiger partial charge in [-0.2, -0.15) is 0 Å². The summed E-state index contributed by atoms with van der Waals surface area (Å²) in [5, 5.41) is 3.05. The normalized spacial score (nSPS) is 16.5. The van der Waals surface area contributed by atoms with Crippen molar-refractivity contribution < 1.29 is 13.9 Å². The predicted octanol–water partition coefficient (Wildman–Crippen LogP) is 1.74. The lowest BCUT2D eigenvalue weighted by Gasteiger charge is -2.33. The van der Waals surface area contributed by atoms with Gasteiger partial charge in [0.05, 0.1) is 24.9 Å². The van der Waals surface area contributed by atoms with E-state index in [1.807, 2.05) is 26.0 Å². The van der Waals surface area contributed by atoms with Crippen molar-refractivity contribution in [1.29, 1.82) is 0 Å². The highest BCUT2D eigenvalue weighted by atomic mass is 16.5. The molecule has 8 heteroatoms. The molecule has 142 valence electrons. The van der Waals surface area contributed by atoms with E-state index in [1.165, 1.54) is 0 Å². The first kappa shape index (κ1) is 17.7. The smallest absolute Gasteiger partial charge is 0.270 e. The highest BCUT2D eigenvalue weighted by Gasteiger charge is 2.26. The van der Waals surface area contributed by atoms with Gasteiger partial charge < -0.3 is 14.5 Å². The van der Waals surface area contributed by atoms with Gasteiger partial charge in [-0.25, -0.2) is 9.97 Å². The highest BCUT2D eigenvalue weighted by Crippen LogP contribution is 2.23. The van der Waals surface area contributed by atoms with E-state index in [1.54, 1.807) is 22.9 Å². The second kappa shape index (κ2) is 7.50. The minimum absolute atomic E-state index is 0.0378. The summed E-state index contributed by atoms with van der Waals surface area (Å²) in [4.78, 5) is 23.7. The van der Waals surface area contributed by atoms with Crippen LogP contribution >= 0.6 is 0 Å². The molecule has 3 aromatic heterocycles. The molecule has 0 spiro atoms. The molecule has 0 aliphatic carbocycles. The number of nitrogens with one attached hydrogen (secondary N) is 1. The van der Waals surface area contributed by atoms with E-state index in [9.17, 15) is 4.79 Å². The summed E-state index contributed by atoms with van der Waals surface area (Å²) >= 11 is 0. The number of carbonyl (C=O) groups excluding carboxylic acids is 1. The van der Waals surface area contributed by atoms with Crippen LogP contribution in [0.3, 0.4) is 0 Å². The van der Waals surface area contributed by atoms with Crippen LogP contribution in [0.2, 0.25) is 0 Å². The Morgan fingerprint density at radius 1 is 1.30 bits per heavy atom. The first-order valence-corrected chi connectivity index (χ1v) is 9.09. The molecule has 0 radical (unpaired) electrons. The molecular weight excluding hydrogens is 346 g/mol. The number of morpholine rings is 1. The molecule has 1 aliphatic heterocycles. The number of hydrogen-bond acceptors (Lipinski definition) is 6. The summed E-state index contributed by atoms with van der Waals surface area (Å²) in [5.41, 5.74) is 1.16. The molecular formula is C19H23N5O3. The van der Waals surface area contributed by atoms with E-state index in [2.05, 4.69) is 20.2 Å². The largest absolute Gasteiger partial charge is 0.465 e. The zero-order valence-corrected chi connectivity index (χ0v) is 15.5. The van der Waals surface area contributed by atoms with Crippen LogP contribution in [0.25, 0.3) is 5.78 Å². The third kappa shape index (κ3) is 3.58. The van der Waals surface area contributed by atoms with Crippen LogP contribution in [-0.2, 0) is 4.74 Å². The summed E-state index contributed by atoms with van der Waals surface area (Å²) in [6.45, 7) is 7.16. The van der Waals surface area contributed by atoms with Crippen molar-refractivity contribution >= 4 is 11.7 Å². The van der Waals surface area contributed by atoms with Crippen molar-refractivity contribution in [2.24, 2.45) is 0 Å². The summed E-state index contributed by atoms with van der Waals surface area (Å²) in [6.07, 6.45) is 3.46. The van der Waals surface area contributed by atoms with E-state index >= 15 is 0 Å². The highest BCUT2D eigenvalue weighted by molar-refractivity contribution is 5.94. The molecule has 0 saturated carbocycles. The van der Waals surface area contributed by atoms with Crippen LogP contribution in [0.5, 0.6) is 0 Å². The zero-order chi connectivity index (χ0) is 18.8. The average Bonchev–Trinajstić information content (AvgIpc) is 3.25. The number of fused-ring (bicyclic) bond motifs is 1. The Balaban J connectivity index is 1.54. The summed E-state index contributed by atoms with van der Waals surface area (Å²) in [7, 11) is 0. The standard InChI is InChI=1S/C19H23N5O3/c1-13-4-5-16(27-13)15(23-8-10-26-11-9-23)12-21-18(25)17-14(2)22-19-20-6-3-7-24(17)19/h3-7,15H,8-12H2,1-2H3,(H,21,25)/t15-/m1/s1. The number of imidazole rings is 1. The molecule has 1 fully saturated rings. The number of carbonyl (C=O) groups is 1. The van der Waals surface area contributed by atoms with E-state index in [-0.39, 0.29) is 11.9 Å². The average molecular weight is 369 g/mol. The summed E-state index contributed by atoms with van der Waals surface area (Å²) < 4.78 is 13.0. The second-order valence-electron chi connectivity index (χ2n) is 6.66. The number of furan rings is 1. The van der Waals surface area contributed by atoms with Gasteiger partial charge in [0.2, 0.25) is 5.78 Å². The van der Waals surface area contributed by atoms with Crippen LogP contribution in [-0.4, -0.2) is 58.0 Å². The minimum atomic E-state index is -0.172. The lowest BCUT2D eigenvalue weighted by molar-refractivity contribution is 0.0116. The van der Waals surface area contributed by atoms with Gasteiger partial charge >= 0.3 is 0 Å². The molecule has 4 rings (SSSR count). The second-order valence-corrected chi connectivity index (χ2v) is 6.66. The van der Waals surface area contributed by atoms with E-state index in [0.717, 1.165) is 24.6 Å².